The molecule has 0 aliphatic rings. The zero-order chi connectivity index (χ0) is 26.6. The summed E-state index contributed by atoms with van der Waals surface area (Å²) in [4.78, 5) is 30.4. The lowest BCUT2D eigenvalue weighted by atomic mass is 10.00. The molecule has 0 saturated carbocycles. The van der Waals surface area contributed by atoms with Gasteiger partial charge in [-0.05, 0) is 53.6 Å². The zero-order valence-electron chi connectivity index (χ0n) is 19.9. The van der Waals surface area contributed by atoms with Crippen LogP contribution in [-0.2, 0) is 9.84 Å². The lowest BCUT2D eigenvalue weighted by Gasteiger charge is -2.12. The molecule has 37 heavy (non-hydrogen) atoms. The van der Waals surface area contributed by atoms with Gasteiger partial charge in [0.25, 0.3) is 5.91 Å². The second-order valence-corrected chi connectivity index (χ2v) is 10.8. The molecule has 3 aromatic carbocycles. The summed E-state index contributed by atoms with van der Waals surface area (Å²) >= 11 is 5.88. The number of Topliss-reactive ketones (excluding diaryl/α,β-unsaturated/α-hetero) is 1. The first kappa shape index (κ1) is 26.0. The monoisotopic (exact) mass is 530 g/mol. The quantitative estimate of drug-likeness (QED) is 0.268. The van der Waals surface area contributed by atoms with Crippen LogP contribution in [-0.4, -0.2) is 31.3 Å². The van der Waals surface area contributed by atoms with E-state index in [0.717, 1.165) is 6.26 Å². The molecule has 6 nitrogen and oxygen atoms in total. The number of nitrogens with zero attached hydrogens (tertiary/aromatic N) is 1. The van der Waals surface area contributed by atoms with Crippen molar-refractivity contribution >= 4 is 44.4 Å². The summed E-state index contributed by atoms with van der Waals surface area (Å²) in [5, 5.41) is 3.29. The molecule has 0 spiro atoms. The van der Waals surface area contributed by atoms with E-state index < -0.39 is 15.7 Å². The van der Waals surface area contributed by atoms with Gasteiger partial charge in [0.15, 0.2) is 15.6 Å². The Balaban J connectivity index is 1.51. The zero-order valence-corrected chi connectivity index (χ0v) is 21.5. The molecule has 4 aromatic rings. The van der Waals surface area contributed by atoms with Crippen molar-refractivity contribution in [1.82, 2.24) is 4.98 Å². The number of allylic oxidation sites excluding steroid dienone is 1. The fourth-order valence-corrected chi connectivity index (χ4v) is 4.85. The number of carbonyl (C=O) groups excluding carboxylic acids is 2. The fraction of sp³-hybridized carbons (Fsp3) is 0.0690. The van der Waals surface area contributed by atoms with Crippen LogP contribution in [0.25, 0.3) is 16.7 Å². The number of ketones is 1. The van der Waals surface area contributed by atoms with Crippen LogP contribution in [0.3, 0.4) is 0 Å². The fourth-order valence-electron chi connectivity index (χ4n) is 3.82. The molecule has 0 fully saturated rings. The lowest BCUT2D eigenvalue weighted by Crippen LogP contribution is -2.15. The molecular weight excluding hydrogens is 508 g/mol. The van der Waals surface area contributed by atoms with E-state index in [-0.39, 0.29) is 17.1 Å². The number of nitrogens with one attached hydrogen (secondary N) is 1. The van der Waals surface area contributed by atoms with Crippen molar-refractivity contribution in [3.05, 3.63) is 120 Å². The summed E-state index contributed by atoms with van der Waals surface area (Å²) in [7, 11) is -3.42. The molecule has 1 N–H and O–H groups in total. The Bertz CT molecular complexity index is 1600. The summed E-state index contributed by atoms with van der Waals surface area (Å²) < 4.78 is 24.3. The molecule has 0 unspecified atom stereocenters. The first-order chi connectivity index (χ1) is 17.6. The van der Waals surface area contributed by atoms with Gasteiger partial charge in [-0.15, -0.1) is 0 Å². The van der Waals surface area contributed by atoms with Crippen molar-refractivity contribution in [2.45, 2.75) is 11.3 Å². The molecular formula is C29H23ClN2O4S. The van der Waals surface area contributed by atoms with Gasteiger partial charge in [0, 0.05) is 35.6 Å². The van der Waals surface area contributed by atoms with Crippen LogP contribution in [0.15, 0.2) is 103 Å². The minimum Gasteiger partial charge on any atom is -0.321 e. The minimum absolute atomic E-state index is 0.0238. The largest absolute Gasteiger partial charge is 0.321 e. The van der Waals surface area contributed by atoms with E-state index >= 15 is 0 Å². The number of pyridine rings is 1. The third-order valence-electron chi connectivity index (χ3n) is 5.68. The highest BCUT2D eigenvalue weighted by Crippen LogP contribution is 2.28. The van der Waals surface area contributed by atoms with Gasteiger partial charge in [0.1, 0.15) is 0 Å². The SMILES string of the molecule is C=C(CC(=O)c1ccccc1NC(=O)c1ccc(-c2ccccc2S(C)(=O)=O)cc1)c1ccc(Cl)cn1. The number of carbonyl (C=O) groups is 2. The lowest BCUT2D eigenvalue weighted by molar-refractivity contribution is 0.0999. The molecule has 0 atom stereocenters. The third kappa shape index (κ3) is 6.20. The predicted molar refractivity (Wildman–Crippen MR) is 147 cm³/mol. The summed E-state index contributed by atoms with van der Waals surface area (Å²) in [5.74, 6) is -0.619. The van der Waals surface area contributed by atoms with Gasteiger partial charge in [-0.25, -0.2) is 8.42 Å². The van der Waals surface area contributed by atoms with Gasteiger partial charge in [0.05, 0.1) is 21.3 Å². The van der Waals surface area contributed by atoms with E-state index in [1.54, 1.807) is 84.9 Å². The van der Waals surface area contributed by atoms with Crippen molar-refractivity contribution in [2.75, 3.05) is 11.6 Å². The van der Waals surface area contributed by atoms with Gasteiger partial charge < -0.3 is 5.32 Å². The molecule has 4 rings (SSSR count). The average molecular weight is 531 g/mol. The van der Waals surface area contributed by atoms with E-state index in [2.05, 4.69) is 16.9 Å². The Labute approximate surface area is 220 Å². The number of halogens is 1. The van der Waals surface area contributed by atoms with Gasteiger partial charge in [-0.2, -0.15) is 0 Å². The van der Waals surface area contributed by atoms with Gasteiger partial charge in [0.2, 0.25) is 0 Å². The molecule has 8 heteroatoms. The third-order valence-corrected chi connectivity index (χ3v) is 7.06. The maximum atomic E-state index is 13.0. The maximum Gasteiger partial charge on any atom is 0.255 e. The van der Waals surface area contributed by atoms with Crippen LogP contribution in [0.5, 0.6) is 0 Å². The predicted octanol–water partition coefficient (Wildman–Crippen LogP) is 6.34. The van der Waals surface area contributed by atoms with Crippen LogP contribution in [0.1, 0.15) is 32.8 Å². The van der Waals surface area contributed by atoms with E-state index in [1.807, 2.05) is 0 Å². The van der Waals surface area contributed by atoms with Gasteiger partial charge in [-0.1, -0.05) is 60.6 Å². The average Bonchev–Trinajstić information content (AvgIpc) is 2.89. The Morgan fingerprint density at radius 3 is 2.27 bits per heavy atom. The number of hydrogen-bond donors (Lipinski definition) is 1. The van der Waals surface area contributed by atoms with Crippen LogP contribution in [0.4, 0.5) is 5.69 Å². The van der Waals surface area contributed by atoms with Crippen molar-refractivity contribution in [3.8, 4) is 11.1 Å². The maximum absolute atomic E-state index is 13.0. The highest BCUT2D eigenvalue weighted by molar-refractivity contribution is 7.90. The smallest absolute Gasteiger partial charge is 0.255 e. The van der Waals surface area contributed by atoms with Crippen molar-refractivity contribution in [3.63, 3.8) is 0 Å². The Kier molecular flexibility index (Phi) is 7.66. The molecule has 0 aliphatic heterocycles. The molecule has 1 heterocycles. The van der Waals surface area contributed by atoms with E-state index in [0.29, 0.717) is 44.2 Å². The number of hydrogen-bond acceptors (Lipinski definition) is 5. The molecule has 186 valence electrons. The molecule has 0 saturated heterocycles. The number of benzene rings is 3. The topological polar surface area (TPSA) is 93.2 Å². The molecule has 0 aliphatic carbocycles. The highest BCUT2D eigenvalue weighted by atomic mass is 35.5. The normalized spacial score (nSPS) is 11.1. The Hall–Kier alpha value is -4.07. The minimum atomic E-state index is -3.42. The number of aromatic nitrogens is 1. The second kappa shape index (κ2) is 10.9. The van der Waals surface area contributed by atoms with Gasteiger partial charge in [-0.3, -0.25) is 14.6 Å². The van der Waals surface area contributed by atoms with E-state index in [4.69, 9.17) is 11.6 Å². The van der Waals surface area contributed by atoms with E-state index in [9.17, 15) is 18.0 Å². The summed E-state index contributed by atoms with van der Waals surface area (Å²) in [5.41, 5.74) is 3.42. The van der Waals surface area contributed by atoms with E-state index in [1.165, 1.54) is 6.20 Å². The van der Waals surface area contributed by atoms with Crippen LogP contribution < -0.4 is 5.32 Å². The number of sulfone groups is 1. The van der Waals surface area contributed by atoms with Crippen molar-refractivity contribution < 1.29 is 18.0 Å². The van der Waals surface area contributed by atoms with Crippen LogP contribution in [0, 0.1) is 0 Å². The molecule has 1 aromatic heterocycles. The van der Waals surface area contributed by atoms with Gasteiger partial charge >= 0.3 is 0 Å². The summed E-state index contributed by atoms with van der Waals surface area (Å²) in [6, 6.07) is 23.4. The summed E-state index contributed by atoms with van der Waals surface area (Å²) in [6.07, 6.45) is 2.68. The van der Waals surface area contributed by atoms with Crippen LogP contribution in [0.2, 0.25) is 5.02 Å². The number of para-hydroxylation sites is 1. The molecule has 0 radical (unpaired) electrons. The number of anilines is 1. The Morgan fingerprint density at radius 2 is 1.59 bits per heavy atom. The van der Waals surface area contributed by atoms with Crippen LogP contribution >= 0.6 is 11.6 Å². The summed E-state index contributed by atoms with van der Waals surface area (Å²) in [6.45, 7) is 3.96. The standard InChI is InChI=1S/C29H23ClN2O4S/c1-19(25-16-15-22(30)18-31-25)17-27(33)24-8-3-5-9-26(24)32-29(34)21-13-11-20(12-14-21)23-7-4-6-10-28(23)37(2,35)36/h3-16,18H,1,17H2,2H3,(H,32,34). The second-order valence-electron chi connectivity index (χ2n) is 8.41. The molecule has 0 bridgehead atoms. The van der Waals surface area contributed by atoms with Crippen molar-refractivity contribution in [2.24, 2.45) is 0 Å². The Morgan fingerprint density at radius 1 is 0.919 bits per heavy atom. The number of rotatable bonds is 8. The highest BCUT2D eigenvalue weighted by Gasteiger charge is 2.17. The number of amides is 1. The molecule has 1 amide bonds. The first-order valence-electron chi connectivity index (χ1n) is 11.3. The van der Waals surface area contributed by atoms with Crippen molar-refractivity contribution in [1.29, 1.82) is 0 Å². The first-order valence-corrected chi connectivity index (χ1v) is 13.5.